The van der Waals surface area contributed by atoms with E-state index in [4.69, 9.17) is 10.8 Å². The molecule has 6 heteroatoms. The number of aromatic nitrogens is 2. The molecule has 6 nitrogen and oxygen atoms in total. The van der Waals surface area contributed by atoms with Crippen LogP contribution in [0.5, 0.6) is 0 Å². The largest absolute Gasteiger partial charge is 0.396 e. The lowest BCUT2D eigenvalue weighted by molar-refractivity contribution is 0.0632. The van der Waals surface area contributed by atoms with Gasteiger partial charge in [-0.1, -0.05) is 12.8 Å². The molecule has 1 fully saturated rings. The van der Waals surface area contributed by atoms with E-state index in [2.05, 4.69) is 5.10 Å². The van der Waals surface area contributed by atoms with E-state index in [1.165, 1.54) is 0 Å². The third-order valence-corrected chi connectivity index (χ3v) is 3.68. The Labute approximate surface area is 113 Å². The second-order valence-electron chi connectivity index (χ2n) is 4.95. The van der Waals surface area contributed by atoms with Gasteiger partial charge in [-0.05, 0) is 19.8 Å². The van der Waals surface area contributed by atoms with Crippen molar-refractivity contribution in [1.82, 2.24) is 14.7 Å². The number of nitrogens with zero attached hydrogens (tertiary/aromatic N) is 3. The summed E-state index contributed by atoms with van der Waals surface area (Å²) in [5.74, 6) is -0.161. The summed E-state index contributed by atoms with van der Waals surface area (Å²) in [5.41, 5.74) is 6.57. The minimum atomic E-state index is -0.161. The maximum atomic E-state index is 12.5. The SMILES string of the molecule is CCn1cc(N)c(C(=O)N(CCO)C2CCCC2)n1. The highest BCUT2D eigenvalue weighted by Crippen LogP contribution is 2.25. The topological polar surface area (TPSA) is 84.4 Å². The Kier molecular flexibility index (Phi) is 4.42. The van der Waals surface area contributed by atoms with Gasteiger partial charge in [0.2, 0.25) is 0 Å². The average molecular weight is 266 g/mol. The molecule has 2 rings (SSSR count). The lowest BCUT2D eigenvalue weighted by atomic mass is 10.2. The van der Waals surface area contributed by atoms with Crippen LogP contribution in [0, 0.1) is 0 Å². The van der Waals surface area contributed by atoms with Crippen LogP contribution in [0.25, 0.3) is 0 Å². The van der Waals surface area contributed by atoms with E-state index in [1.807, 2.05) is 6.92 Å². The first-order valence-electron chi connectivity index (χ1n) is 6.92. The van der Waals surface area contributed by atoms with E-state index in [0.717, 1.165) is 25.7 Å². The second kappa shape index (κ2) is 6.06. The minimum absolute atomic E-state index is 0.0311. The molecule has 1 amide bonds. The molecule has 0 radical (unpaired) electrons. The summed E-state index contributed by atoms with van der Waals surface area (Å²) < 4.78 is 1.66. The van der Waals surface area contributed by atoms with Crippen molar-refractivity contribution in [2.24, 2.45) is 0 Å². The van der Waals surface area contributed by atoms with Crippen LogP contribution in [0.15, 0.2) is 6.20 Å². The predicted octanol–water partition coefficient (Wildman–Crippen LogP) is 0.862. The van der Waals surface area contributed by atoms with Crippen molar-refractivity contribution in [3.8, 4) is 0 Å². The van der Waals surface area contributed by atoms with E-state index in [1.54, 1.807) is 15.8 Å². The van der Waals surface area contributed by atoms with Gasteiger partial charge in [0.15, 0.2) is 5.69 Å². The van der Waals surface area contributed by atoms with Crippen LogP contribution < -0.4 is 5.73 Å². The van der Waals surface area contributed by atoms with Gasteiger partial charge in [-0.2, -0.15) is 5.10 Å². The molecule has 0 spiro atoms. The molecule has 106 valence electrons. The molecule has 1 heterocycles. The van der Waals surface area contributed by atoms with Crippen molar-refractivity contribution in [2.75, 3.05) is 18.9 Å². The van der Waals surface area contributed by atoms with E-state index >= 15 is 0 Å². The molecule has 1 aliphatic carbocycles. The van der Waals surface area contributed by atoms with E-state index in [0.29, 0.717) is 24.5 Å². The van der Waals surface area contributed by atoms with Gasteiger partial charge >= 0.3 is 0 Å². The number of hydrogen-bond donors (Lipinski definition) is 2. The van der Waals surface area contributed by atoms with Gasteiger partial charge in [0.05, 0.1) is 12.3 Å². The molecule has 0 bridgehead atoms. The molecular formula is C13H22N4O2. The number of aliphatic hydroxyl groups is 1. The van der Waals surface area contributed by atoms with Crippen LogP contribution >= 0.6 is 0 Å². The maximum Gasteiger partial charge on any atom is 0.276 e. The Morgan fingerprint density at radius 2 is 2.26 bits per heavy atom. The molecule has 1 aromatic heterocycles. The summed E-state index contributed by atoms with van der Waals surface area (Å²) in [6.07, 6.45) is 5.96. The highest BCUT2D eigenvalue weighted by Gasteiger charge is 2.29. The molecule has 19 heavy (non-hydrogen) atoms. The van der Waals surface area contributed by atoms with Crippen molar-refractivity contribution in [3.63, 3.8) is 0 Å². The molecule has 3 N–H and O–H groups in total. The van der Waals surface area contributed by atoms with Crippen LogP contribution in [0.2, 0.25) is 0 Å². The summed E-state index contributed by atoms with van der Waals surface area (Å²) in [7, 11) is 0. The van der Waals surface area contributed by atoms with Gasteiger partial charge in [-0.15, -0.1) is 0 Å². The first-order valence-corrected chi connectivity index (χ1v) is 6.92. The third kappa shape index (κ3) is 2.89. The standard InChI is InChI=1S/C13H22N4O2/c1-2-16-9-11(14)12(15-16)13(19)17(7-8-18)10-5-3-4-6-10/h9-10,18H,2-8,14H2,1H3. The Bertz CT molecular complexity index is 438. The van der Waals surface area contributed by atoms with Gasteiger partial charge in [0.25, 0.3) is 5.91 Å². The Hall–Kier alpha value is -1.56. The van der Waals surface area contributed by atoms with Gasteiger partial charge in [0, 0.05) is 25.3 Å². The number of aliphatic hydroxyl groups excluding tert-OH is 1. The molecule has 0 atom stereocenters. The van der Waals surface area contributed by atoms with Gasteiger partial charge in [-0.3, -0.25) is 9.48 Å². The van der Waals surface area contributed by atoms with Crippen molar-refractivity contribution in [3.05, 3.63) is 11.9 Å². The molecule has 1 aliphatic rings. The number of carbonyl (C=O) groups is 1. The quantitative estimate of drug-likeness (QED) is 0.828. The molecule has 0 aromatic carbocycles. The van der Waals surface area contributed by atoms with E-state index in [-0.39, 0.29) is 18.6 Å². The number of aryl methyl sites for hydroxylation is 1. The zero-order valence-corrected chi connectivity index (χ0v) is 11.4. The average Bonchev–Trinajstić information content (AvgIpc) is 3.04. The van der Waals surface area contributed by atoms with E-state index < -0.39 is 0 Å². The van der Waals surface area contributed by atoms with Crippen molar-refractivity contribution in [1.29, 1.82) is 0 Å². The molecular weight excluding hydrogens is 244 g/mol. The molecule has 0 unspecified atom stereocenters. The van der Waals surface area contributed by atoms with Crippen LogP contribution in [0.4, 0.5) is 5.69 Å². The molecule has 1 aromatic rings. The summed E-state index contributed by atoms with van der Waals surface area (Å²) >= 11 is 0. The van der Waals surface area contributed by atoms with Gasteiger partial charge in [0.1, 0.15) is 0 Å². The lowest BCUT2D eigenvalue weighted by Gasteiger charge is -2.27. The van der Waals surface area contributed by atoms with Crippen LogP contribution in [0.1, 0.15) is 43.1 Å². The summed E-state index contributed by atoms with van der Waals surface area (Å²) in [5, 5.41) is 13.4. The fourth-order valence-electron chi connectivity index (χ4n) is 2.67. The van der Waals surface area contributed by atoms with Crippen molar-refractivity contribution < 1.29 is 9.90 Å². The fourth-order valence-corrected chi connectivity index (χ4v) is 2.67. The molecule has 0 saturated heterocycles. The highest BCUT2D eigenvalue weighted by molar-refractivity contribution is 5.97. The van der Waals surface area contributed by atoms with Gasteiger partial charge in [-0.25, -0.2) is 0 Å². The number of rotatable bonds is 5. The Morgan fingerprint density at radius 1 is 1.58 bits per heavy atom. The van der Waals surface area contributed by atoms with Gasteiger partial charge < -0.3 is 15.7 Å². The number of nitrogens with two attached hydrogens (primary N) is 1. The normalized spacial score (nSPS) is 15.9. The van der Waals surface area contributed by atoms with Crippen LogP contribution in [-0.2, 0) is 6.54 Å². The molecule has 1 saturated carbocycles. The minimum Gasteiger partial charge on any atom is -0.396 e. The first-order chi connectivity index (χ1) is 9.17. The van der Waals surface area contributed by atoms with Crippen LogP contribution in [-0.4, -0.2) is 44.9 Å². The maximum absolute atomic E-state index is 12.5. The fraction of sp³-hybridized carbons (Fsp3) is 0.692. The number of anilines is 1. The highest BCUT2D eigenvalue weighted by atomic mass is 16.3. The number of amides is 1. The van der Waals surface area contributed by atoms with E-state index in [9.17, 15) is 4.79 Å². The monoisotopic (exact) mass is 266 g/mol. The van der Waals surface area contributed by atoms with Crippen LogP contribution in [0.3, 0.4) is 0 Å². The number of carbonyl (C=O) groups excluding carboxylic acids is 1. The van der Waals surface area contributed by atoms with Crippen molar-refractivity contribution in [2.45, 2.75) is 45.2 Å². The zero-order chi connectivity index (χ0) is 13.8. The molecule has 0 aliphatic heterocycles. The predicted molar refractivity (Wildman–Crippen MR) is 72.7 cm³/mol. The zero-order valence-electron chi connectivity index (χ0n) is 11.4. The summed E-state index contributed by atoms with van der Waals surface area (Å²) in [6, 6.07) is 0.214. The first kappa shape index (κ1) is 13.9. The third-order valence-electron chi connectivity index (χ3n) is 3.68. The Morgan fingerprint density at radius 3 is 2.79 bits per heavy atom. The number of nitrogen functional groups attached to an aromatic ring is 1. The summed E-state index contributed by atoms with van der Waals surface area (Å²) in [4.78, 5) is 14.3. The Balaban J connectivity index is 2.19. The lowest BCUT2D eigenvalue weighted by Crippen LogP contribution is -2.41. The summed E-state index contributed by atoms with van der Waals surface area (Å²) in [6.45, 7) is 2.95. The number of hydrogen-bond acceptors (Lipinski definition) is 4. The van der Waals surface area contributed by atoms with Crippen molar-refractivity contribution >= 4 is 11.6 Å². The smallest absolute Gasteiger partial charge is 0.276 e. The second-order valence-corrected chi connectivity index (χ2v) is 4.95.